The number of carbonyl (C=O) groups is 1. The number of urea groups is 1. The van der Waals surface area contributed by atoms with E-state index in [1.54, 1.807) is 6.20 Å². The van der Waals surface area contributed by atoms with Gasteiger partial charge in [0, 0.05) is 24.1 Å². The van der Waals surface area contributed by atoms with E-state index in [1.807, 2.05) is 39.2 Å². The van der Waals surface area contributed by atoms with Crippen molar-refractivity contribution < 1.29 is 9.53 Å². The Bertz CT molecular complexity index is 859. The molecule has 1 aliphatic rings. The van der Waals surface area contributed by atoms with Crippen molar-refractivity contribution in [2.75, 3.05) is 11.6 Å². The maximum atomic E-state index is 12.3. The van der Waals surface area contributed by atoms with E-state index in [4.69, 9.17) is 4.74 Å². The fourth-order valence-electron chi connectivity index (χ4n) is 3.57. The third-order valence-electron chi connectivity index (χ3n) is 4.46. The molecule has 0 fully saturated rings. The quantitative estimate of drug-likeness (QED) is 0.717. The van der Waals surface area contributed by atoms with Gasteiger partial charge >= 0.3 is 6.03 Å². The maximum absolute atomic E-state index is 12.3. The van der Waals surface area contributed by atoms with Crippen molar-refractivity contribution in [3.05, 3.63) is 41.1 Å². The van der Waals surface area contributed by atoms with Gasteiger partial charge in [0.2, 0.25) is 5.88 Å². The van der Waals surface area contributed by atoms with Crippen LogP contribution in [0.25, 0.3) is 11.1 Å². The van der Waals surface area contributed by atoms with Crippen molar-refractivity contribution in [2.24, 2.45) is 0 Å². The molecule has 2 N–H and O–H groups in total. The standard InChI is InChI=1S/C21H27N3O2S/c1-13-11-14-7-6-8-16(14)19(23-20(25)24-27-5)18(13)15-9-10-22-17(12-15)26-21(2,3)4/h9-12H,6-8H2,1-5H3,(H2,23,24,25). The van der Waals surface area contributed by atoms with Crippen molar-refractivity contribution in [2.45, 2.75) is 52.6 Å². The molecule has 2 aromatic rings. The van der Waals surface area contributed by atoms with Crippen LogP contribution in [0.4, 0.5) is 10.5 Å². The number of nitrogens with one attached hydrogen (secondary N) is 2. The van der Waals surface area contributed by atoms with Crippen LogP contribution in [0.5, 0.6) is 5.88 Å². The Balaban J connectivity index is 2.09. The Morgan fingerprint density at radius 1 is 1.26 bits per heavy atom. The van der Waals surface area contributed by atoms with Gasteiger partial charge in [0.1, 0.15) is 5.60 Å². The largest absolute Gasteiger partial charge is 0.472 e. The van der Waals surface area contributed by atoms with E-state index < -0.39 is 0 Å². The number of aromatic nitrogens is 1. The number of rotatable bonds is 4. The number of hydrogen-bond acceptors (Lipinski definition) is 4. The van der Waals surface area contributed by atoms with Crippen molar-refractivity contribution >= 4 is 23.7 Å². The Morgan fingerprint density at radius 2 is 2.04 bits per heavy atom. The van der Waals surface area contributed by atoms with E-state index in [0.29, 0.717) is 5.88 Å². The molecule has 1 aliphatic carbocycles. The average Bonchev–Trinajstić information content (AvgIpc) is 3.02. The van der Waals surface area contributed by atoms with Crippen LogP contribution in [0.1, 0.15) is 43.9 Å². The van der Waals surface area contributed by atoms with Crippen LogP contribution in [0.2, 0.25) is 0 Å². The Morgan fingerprint density at radius 3 is 2.74 bits per heavy atom. The van der Waals surface area contributed by atoms with Crippen LogP contribution in [0, 0.1) is 6.92 Å². The van der Waals surface area contributed by atoms with Gasteiger partial charge in [-0.3, -0.25) is 4.72 Å². The first-order chi connectivity index (χ1) is 12.8. The minimum atomic E-state index is -0.322. The molecule has 0 saturated heterocycles. The molecule has 1 aromatic heterocycles. The highest BCUT2D eigenvalue weighted by atomic mass is 32.2. The van der Waals surface area contributed by atoms with Crippen LogP contribution in [0.3, 0.4) is 0 Å². The number of carbonyl (C=O) groups excluding carboxylic acids is 1. The monoisotopic (exact) mass is 385 g/mol. The SMILES string of the molecule is CSNC(=O)Nc1c2c(cc(C)c1-c1ccnc(OC(C)(C)C)c1)CCC2. The molecule has 3 rings (SSSR count). The van der Waals surface area contributed by atoms with Gasteiger partial charge in [-0.05, 0) is 75.3 Å². The number of nitrogens with zero attached hydrogens (tertiary/aromatic N) is 1. The van der Waals surface area contributed by atoms with E-state index in [9.17, 15) is 4.79 Å². The van der Waals surface area contributed by atoms with Gasteiger partial charge in [-0.1, -0.05) is 18.0 Å². The van der Waals surface area contributed by atoms with Crippen LogP contribution >= 0.6 is 11.9 Å². The third-order valence-corrected chi connectivity index (χ3v) is 4.85. The lowest BCUT2D eigenvalue weighted by atomic mass is 9.93. The van der Waals surface area contributed by atoms with E-state index in [1.165, 1.54) is 23.1 Å². The van der Waals surface area contributed by atoms with E-state index in [-0.39, 0.29) is 11.6 Å². The smallest absolute Gasteiger partial charge is 0.329 e. The van der Waals surface area contributed by atoms with Gasteiger partial charge in [-0.15, -0.1) is 0 Å². The molecule has 0 bridgehead atoms. The van der Waals surface area contributed by atoms with Crippen molar-refractivity contribution in [3.8, 4) is 17.0 Å². The Labute approximate surface area is 165 Å². The summed E-state index contributed by atoms with van der Waals surface area (Å²) in [7, 11) is 0. The molecule has 0 saturated carbocycles. The zero-order chi connectivity index (χ0) is 19.6. The van der Waals surface area contributed by atoms with Crippen molar-refractivity contribution in [3.63, 3.8) is 0 Å². The van der Waals surface area contributed by atoms with Crippen molar-refractivity contribution in [1.82, 2.24) is 9.71 Å². The number of hydrogen-bond donors (Lipinski definition) is 2. The van der Waals surface area contributed by atoms with Crippen LogP contribution in [-0.2, 0) is 12.8 Å². The maximum Gasteiger partial charge on any atom is 0.329 e. The lowest BCUT2D eigenvalue weighted by Gasteiger charge is -2.22. The lowest BCUT2D eigenvalue weighted by molar-refractivity contribution is 0.124. The molecular weight excluding hydrogens is 358 g/mol. The molecule has 0 atom stereocenters. The predicted molar refractivity (Wildman–Crippen MR) is 112 cm³/mol. The normalized spacial score (nSPS) is 13.2. The summed E-state index contributed by atoms with van der Waals surface area (Å²) < 4.78 is 8.70. The summed E-state index contributed by atoms with van der Waals surface area (Å²) in [4.78, 5) is 16.6. The Kier molecular flexibility index (Phi) is 5.65. The summed E-state index contributed by atoms with van der Waals surface area (Å²) in [6.07, 6.45) is 6.75. The molecule has 144 valence electrons. The number of amides is 2. The molecule has 0 unspecified atom stereocenters. The summed E-state index contributed by atoms with van der Waals surface area (Å²) in [5.74, 6) is 0.583. The van der Waals surface area contributed by atoms with E-state index in [2.05, 4.69) is 28.0 Å². The second-order valence-electron chi connectivity index (χ2n) is 7.79. The second kappa shape index (κ2) is 7.80. The van der Waals surface area contributed by atoms with Gasteiger partial charge in [0.15, 0.2) is 0 Å². The first kappa shape index (κ1) is 19.5. The second-order valence-corrected chi connectivity index (χ2v) is 8.40. The predicted octanol–water partition coefficient (Wildman–Crippen LogP) is 5.12. The third kappa shape index (κ3) is 4.56. The molecule has 1 heterocycles. The van der Waals surface area contributed by atoms with Gasteiger partial charge in [0.25, 0.3) is 0 Å². The number of aryl methyl sites for hydroxylation is 2. The number of pyridine rings is 1. The summed E-state index contributed by atoms with van der Waals surface area (Å²) in [6.45, 7) is 8.10. The van der Waals surface area contributed by atoms with Gasteiger partial charge in [0.05, 0.1) is 5.69 Å². The minimum Gasteiger partial charge on any atom is -0.472 e. The summed E-state index contributed by atoms with van der Waals surface area (Å²) in [5, 5.41) is 3.09. The first-order valence-electron chi connectivity index (χ1n) is 9.19. The minimum absolute atomic E-state index is 0.205. The van der Waals surface area contributed by atoms with Crippen LogP contribution < -0.4 is 14.8 Å². The van der Waals surface area contributed by atoms with Crippen LogP contribution in [-0.4, -0.2) is 22.9 Å². The van der Waals surface area contributed by atoms with E-state index >= 15 is 0 Å². The highest BCUT2D eigenvalue weighted by molar-refractivity contribution is 7.97. The average molecular weight is 386 g/mol. The van der Waals surface area contributed by atoms with Gasteiger partial charge < -0.3 is 10.1 Å². The number of benzene rings is 1. The molecule has 27 heavy (non-hydrogen) atoms. The van der Waals surface area contributed by atoms with E-state index in [0.717, 1.165) is 41.6 Å². The molecule has 1 aromatic carbocycles. The summed E-state index contributed by atoms with van der Waals surface area (Å²) >= 11 is 1.28. The zero-order valence-electron chi connectivity index (χ0n) is 16.6. The highest BCUT2D eigenvalue weighted by Gasteiger charge is 2.23. The molecular formula is C21H27N3O2S. The number of ether oxygens (including phenoxy) is 1. The molecule has 0 aliphatic heterocycles. The van der Waals surface area contributed by atoms with Gasteiger partial charge in [-0.25, -0.2) is 9.78 Å². The topological polar surface area (TPSA) is 63.2 Å². The zero-order valence-corrected chi connectivity index (χ0v) is 17.4. The molecule has 5 nitrogen and oxygen atoms in total. The Hall–Kier alpha value is -2.21. The summed E-state index contributed by atoms with van der Waals surface area (Å²) in [6, 6.07) is 5.97. The lowest BCUT2D eigenvalue weighted by Crippen LogP contribution is -2.24. The van der Waals surface area contributed by atoms with Gasteiger partial charge in [-0.2, -0.15) is 0 Å². The number of fused-ring (bicyclic) bond motifs is 1. The van der Waals surface area contributed by atoms with Crippen LogP contribution in [0.15, 0.2) is 24.4 Å². The first-order valence-corrected chi connectivity index (χ1v) is 10.4. The molecule has 0 spiro atoms. The van der Waals surface area contributed by atoms with Crippen molar-refractivity contribution in [1.29, 1.82) is 0 Å². The fraction of sp³-hybridized carbons (Fsp3) is 0.429. The summed E-state index contributed by atoms with van der Waals surface area (Å²) in [5.41, 5.74) is 6.32. The highest BCUT2D eigenvalue weighted by Crippen LogP contribution is 2.40. The number of anilines is 1. The fourth-order valence-corrected chi connectivity index (χ4v) is 3.81. The molecule has 0 radical (unpaired) electrons. The molecule has 2 amide bonds. The molecule has 6 heteroatoms.